The van der Waals surface area contributed by atoms with E-state index < -0.39 is 11.7 Å². The highest BCUT2D eigenvalue weighted by Crippen LogP contribution is 2.31. The number of halogens is 3. The first-order chi connectivity index (χ1) is 9.95. The minimum atomic E-state index is -4.31. The Hall–Kier alpha value is -1.47. The number of nitrogens with one attached hydrogen (secondary N) is 1. The van der Waals surface area contributed by atoms with Gasteiger partial charge in [-0.1, -0.05) is 29.6 Å². The molecule has 1 atom stereocenters. The van der Waals surface area contributed by atoms with Gasteiger partial charge in [0.1, 0.15) is 0 Å². The molecule has 0 saturated carbocycles. The summed E-state index contributed by atoms with van der Waals surface area (Å²) in [6.45, 7) is 1.98. The zero-order chi connectivity index (χ0) is 15.5. The van der Waals surface area contributed by atoms with Gasteiger partial charge in [-0.15, -0.1) is 5.10 Å². The number of likely N-dealkylation sites (N-methyl/N-ethyl adjacent to an activating group) is 1. The summed E-state index contributed by atoms with van der Waals surface area (Å²) in [7, 11) is 1.79. The van der Waals surface area contributed by atoms with Gasteiger partial charge in [0.25, 0.3) is 0 Å². The minimum absolute atomic E-state index is 0.0802. The van der Waals surface area contributed by atoms with Crippen LogP contribution in [0.3, 0.4) is 0 Å². The number of hydrogen-bond acceptors (Lipinski definition) is 4. The second kappa shape index (κ2) is 6.53. The van der Waals surface area contributed by atoms with Crippen molar-refractivity contribution in [3.63, 3.8) is 0 Å². The molecule has 114 valence electrons. The molecule has 0 spiro atoms. The van der Waals surface area contributed by atoms with Gasteiger partial charge in [-0.25, -0.2) is 0 Å². The van der Waals surface area contributed by atoms with Crippen LogP contribution in [0.2, 0.25) is 0 Å². The lowest BCUT2D eigenvalue weighted by Gasteiger charge is -2.16. The van der Waals surface area contributed by atoms with Crippen molar-refractivity contribution in [1.82, 2.24) is 14.9 Å². The zero-order valence-electron chi connectivity index (χ0n) is 11.7. The van der Waals surface area contributed by atoms with Crippen molar-refractivity contribution in [3.8, 4) is 0 Å². The molecule has 1 aromatic heterocycles. The number of hydrogen-bond donors (Lipinski definition) is 1. The van der Waals surface area contributed by atoms with E-state index in [1.165, 1.54) is 23.7 Å². The maximum atomic E-state index is 12.7. The van der Waals surface area contributed by atoms with Crippen molar-refractivity contribution in [2.45, 2.75) is 32.0 Å². The van der Waals surface area contributed by atoms with Gasteiger partial charge in [-0.2, -0.15) is 13.2 Å². The third kappa shape index (κ3) is 3.79. The molecule has 0 saturated heterocycles. The summed E-state index contributed by atoms with van der Waals surface area (Å²) in [5.41, 5.74) is 0.916. The summed E-state index contributed by atoms with van der Waals surface area (Å²) in [5.74, 6) is 0. The molecule has 1 heterocycles. The first kappa shape index (κ1) is 15.9. The molecule has 0 amide bonds. The van der Waals surface area contributed by atoms with E-state index in [4.69, 9.17) is 0 Å². The third-order valence-electron chi connectivity index (χ3n) is 3.28. The van der Waals surface area contributed by atoms with E-state index in [1.807, 2.05) is 6.92 Å². The van der Waals surface area contributed by atoms with E-state index in [2.05, 4.69) is 14.9 Å². The fraction of sp³-hybridized carbons (Fsp3) is 0.429. The average Bonchev–Trinajstić information content (AvgIpc) is 2.92. The summed E-state index contributed by atoms with van der Waals surface area (Å²) in [4.78, 5) is 0.984. The summed E-state index contributed by atoms with van der Waals surface area (Å²) in [5, 5.41) is 7.19. The lowest BCUT2D eigenvalue weighted by molar-refractivity contribution is -0.137. The molecule has 0 bridgehead atoms. The molecule has 0 aliphatic rings. The number of rotatable bonds is 5. The second-order valence-electron chi connectivity index (χ2n) is 4.68. The summed E-state index contributed by atoms with van der Waals surface area (Å²) in [6, 6.07) is 5.35. The van der Waals surface area contributed by atoms with E-state index in [0.717, 1.165) is 23.1 Å². The van der Waals surface area contributed by atoms with Crippen molar-refractivity contribution in [3.05, 3.63) is 46.0 Å². The summed E-state index contributed by atoms with van der Waals surface area (Å²) in [6.07, 6.45) is -3.09. The van der Waals surface area contributed by atoms with Crippen molar-refractivity contribution >= 4 is 11.5 Å². The van der Waals surface area contributed by atoms with Crippen molar-refractivity contribution in [1.29, 1.82) is 0 Å². The summed E-state index contributed by atoms with van der Waals surface area (Å²) < 4.78 is 42.2. The molecule has 1 N–H and O–H groups in total. The highest BCUT2D eigenvalue weighted by molar-refractivity contribution is 7.05. The molecular formula is C14H16F3N3S. The predicted molar refractivity (Wildman–Crippen MR) is 76.2 cm³/mol. The Labute approximate surface area is 125 Å². The Morgan fingerprint density at radius 1 is 1.33 bits per heavy atom. The van der Waals surface area contributed by atoms with E-state index in [9.17, 15) is 13.2 Å². The molecule has 0 fully saturated rings. The van der Waals surface area contributed by atoms with Gasteiger partial charge >= 0.3 is 6.18 Å². The second-order valence-corrected chi connectivity index (χ2v) is 5.47. The Morgan fingerprint density at radius 3 is 2.71 bits per heavy atom. The molecule has 1 aromatic carbocycles. The van der Waals surface area contributed by atoms with Gasteiger partial charge in [0.2, 0.25) is 0 Å². The standard InChI is InChI=1S/C14H16F3N3S/c1-3-11-13(21-20-19-11)12(18-2)8-9-5-4-6-10(7-9)14(15,16)17/h4-7,12,18H,3,8H2,1-2H3. The molecular weight excluding hydrogens is 299 g/mol. The molecule has 21 heavy (non-hydrogen) atoms. The predicted octanol–water partition coefficient (Wildman–Crippen LogP) is 3.62. The Bertz CT molecular complexity index is 595. The van der Waals surface area contributed by atoms with E-state index in [0.29, 0.717) is 12.0 Å². The molecule has 2 aromatic rings. The van der Waals surface area contributed by atoms with Gasteiger partial charge in [-0.3, -0.25) is 0 Å². The molecule has 2 rings (SSSR count). The quantitative estimate of drug-likeness (QED) is 0.916. The Kier molecular flexibility index (Phi) is 4.95. The monoisotopic (exact) mass is 315 g/mol. The number of aryl methyl sites for hydroxylation is 1. The van der Waals surface area contributed by atoms with Gasteiger partial charge in [-0.05, 0) is 43.1 Å². The van der Waals surface area contributed by atoms with Crippen molar-refractivity contribution in [2.24, 2.45) is 0 Å². The van der Waals surface area contributed by atoms with Gasteiger partial charge in [0, 0.05) is 6.04 Å². The van der Waals surface area contributed by atoms with Crippen LogP contribution in [-0.2, 0) is 19.0 Å². The highest BCUT2D eigenvalue weighted by atomic mass is 32.1. The molecule has 3 nitrogen and oxygen atoms in total. The first-order valence-corrected chi connectivity index (χ1v) is 7.37. The van der Waals surface area contributed by atoms with Crippen LogP contribution in [0.5, 0.6) is 0 Å². The number of nitrogens with zero attached hydrogens (tertiary/aromatic N) is 2. The van der Waals surface area contributed by atoms with Crippen LogP contribution in [0.25, 0.3) is 0 Å². The normalized spacial score (nSPS) is 13.4. The van der Waals surface area contributed by atoms with Crippen LogP contribution in [0.1, 0.15) is 34.7 Å². The lowest BCUT2D eigenvalue weighted by atomic mass is 10.0. The number of aromatic nitrogens is 2. The smallest absolute Gasteiger partial charge is 0.312 e. The van der Waals surface area contributed by atoms with Crippen LogP contribution in [0, 0.1) is 0 Å². The molecule has 0 radical (unpaired) electrons. The van der Waals surface area contributed by atoms with Crippen LogP contribution in [-0.4, -0.2) is 16.6 Å². The van der Waals surface area contributed by atoms with Crippen molar-refractivity contribution in [2.75, 3.05) is 7.05 Å². The Morgan fingerprint density at radius 2 is 2.10 bits per heavy atom. The van der Waals surface area contributed by atoms with Crippen LogP contribution in [0.4, 0.5) is 13.2 Å². The van der Waals surface area contributed by atoms with Crippen LogP contribution >= 0.6 is 11.5 Å². The first-order valence-electron chi connectivity index (χ1n) is 6.60. The minimum Gasteiger partial charge on any atom is -0.312 e. The van der Waals surface area contributed by atoms with E-state index in [-0.39, 0.29) is 6.04 Å². The SMILES string of the molecule is CCc1nnsc1C(Cc1cccc(C(F)(F)F)c1)NC. The zero-order valence-corrected chi connectivity index (χ0v) is 12.6. The fourth-order valence-electron chi connectivity index (χ4n) is 2.16. The third-order valence-corrected chi connectivity index (χ3v) is 4.16. The molecule has 1 unspecified atom stereocenters. The van der Waals surface area contributed by atoms with Crippen LogP contribution < -0.4 is 5.32 Å². The number of alkyl halides is 3. The highest BCUT2D eigenvalue weighted by Gasteiger charge is 2.30. The molecule has 7 heteroatoms. The van der Waals surface area contributed by atoms with Crippen LogP contribution in [0.15, 0.2) is 24.3 Å². The number of benzene rings is 1. The Balaban J connectivity index is 2.23. The van der Waals surface area contributed by atoms with E-state index in [1.54, 1.807) is 13.1 Å². The largest absolute Gasteiger partial charge is 0.416 e. The van der Waals surface area contributed by atoms with Gasteiger partial charge in [0.15, 0.2) is 0 Å². The lowest BCUT2D eigenvalue weighted by Crippen LogP contribution is -2.19. The van der Waals surface area contributed by atoms with Gasteiger partial charge < -0.3 is 5.32 Å². The average molecular weight is 315 g/mol. The van der Waals surface area contributed by atoms with Crippen molar-refractivity contribution < 1.29 is 13.2 Å². The topological polar surface area (TPSA) is 37.8 Å². The molecule has 0 aliphatic carbocycles. The molecule has 0 aliphatic heterocycles. The van der Waals surface area contributed by atoms with Gasteiger partial charge in [0.05, 0.1) is 16.1 Å². The fourth-order valence-corrected chi connectivity index (χ4v) is 3.01. The van der Waals surface area contributed by atoms with E-state index >= 15 is 0 Å². The maximum Gasteiger partial charge on any atom is 0.416 e. The summed E-state index contributed by atoms with van der Waals surface area (Å²) >= 11 is 1.29. The maximum absolute atomic E-state index is 12.7.